The van der Waals surface area contributed by atoms with E-state index in [0.717, 1.165) is 0 Å². The first-order valence-corrected chi connectivity index (χ1v) is 10.2. The molecule has 5 nitrogen and oxygen atoms in total. The number of carbonyl (C=O) groups is 2. The summed E-state index contributed by atoms with van der Waals surface area (Å²) in [6.07, 6.45) is 0. The summed E-state index contributed by atoms with van der Waals surface area (Å²) in [6, 6.07) is 23.5. The summed E-state index contributed by atoms with van der Waals surface area (Å²) >= 11 is 5.90. The van der Waals surface area contributed by atoms with E-state index in [2.05, 4.69) is 0 Å². The molecule has 3 aromatic carbocycles. The molecule has 0 saturated carbocycles. The third-order valence-electron chi connectivity index (χ3n) is 5.03. The predicted octanol–water partition coefficient (Wildman–Crippen LogP) is 4.73. The van der Waals surface area contributed by atoms with E-state index in [4.69, 9.17) is 16.3 Å². The van der Waals surface area contributed by atoms with E-state index >= 15 is 0 Å². The first-order chi connectivity index (χ1) is 14.6. The van der Waals surface area contributed by atoms with Gasteiger partial charge in [0.15, 0.2) is 0 Å². The SMILES string of the molecule is O=C(c1ccc(Cl)cc1)N1CCN(C(=O)c2ccccc2Oc2ccccc2)CC1. The Morgan fingerprint density at radius 1 is 0.700 bits per heavy atom. The molecular formula is C24H21ClN2O3. The van der Waals surface area contributed by atoms with E-state index in [1.165, 1.54) is 0 Å². The fourth-order valence-electron chi connectivity index (χ4n) is 3.41. The van der Waals surface area contributed by atoms with E-state index in [0.29, 0.717) is 53.8 Å². The van der Waals surface area contributed by atoms with E-state index in [9.17, 15) is 9.59 Å². The molecule has 0 radical (unpaired) electrons. The summed E-state index contributed by atoms with van der Waals surface area (Å²) in [4.78, 5) is 29.3. The van der Waals surface area contributed by atoms with Crippen molar-refractivity contribution in [3.05, 3.63) is 95.0 Å². The van der Waals surface area contributed by atoms with Crippen LogP contribution in [-0.2, 0) is 0 Å². The van der Waals surface area contributed by atoms with Crippen molar-refractivity contribution in [3.63, 3.8) is 0 Å². The molecule has 30 heavy (non-hydrogen) atoms. The van der Waals surface area contributed by atoms with Crippen molar-refractivity contribution in [2.75, 3.05) is 26.2 Å². The van der Waals surface area contributed by atoms with Crippen molar-refractivity contribution < 1.29 is 14.3 Å². The van der Waals surface area contributed by atoms with Gasteiger partial charge in [0.1, 0.15) is 11.5 Å². The van der Waals surface area contributed by atoms with Gasteiger partial charge in [-0.1, -0.05) is 41.9 Å². The minimum atomic E-state index is -0.0971. The highest BCUT2D eigenvalue weighted by atomic mass is 35.5. The number of rotatable bonds is 4. The second-order valence-corrected chi connectivity index (χ2v) is 7.44. The van der Waals surface area contributed by atoms with Gasteiger partial charge in [-0.3, -0.25) is 9.59 Å². The van der Waals surface area contributed by atoms with Gasteiger partial charge in [0.05, 0.1) is 5.56 Å². The summed E-state index contributed by atoms with van der Waals surface area (Å²) < 4.78 is 5.93. The Hall–Kier alpha value is -3.31. The predicted molar refractivity (Wildman–Crippen MR) is 116 cm³/mol. The topological polar surface area (TPSA) is 49.9 Å². The molecule has 3 aromatic rings. The molecule has 0 aromatic heterocycles. The molecule has 0 bridgehead atoms. The number of para-hydroxylation sites is 2. The highest BCUT2D eigenvalue weighted by Gasteiger charge is 2.27. The third-order valence-corrected chi connectivity index (χ3v) is 5.29. The monoisotopic (exact) mass is 420 g/mol. The Morgan fingerprint density at radius 3 is 1.93 bits per heavy atom. The average Bonchev–Trinajstić information content (AvgIpc) is 2.80. The third kappa shape index (κ3) is 4.47. The smallest absolute Gasteiger partial charge is 0.257 e. The fraction of sp³-hybridized carbons (Fsp3) is 0.167. The Labute approximate surface area is 180 Å². The summed E-state index contributed by atoms with van der Waals surface area (Å²) in [5.74, 6) is 1.05. The number of hydrogen-bond acceptors (Lipinski definition) is 3. The maximum atomic E-state index is 13.1. The Kier molecular flexibility index (Phi) is 6.00. The number of benzene rings is 3. The molecule has 1 aliphatic heterocycles. The van der Waals surface area contributed by atoms with Crippen LogP contribution in [0.2, 0.25) is 5.02 Å². The second-order valence-electron chi connectivity index (χ2n) is 7.00. The Bertz CT molecular complexity index is 1030. The van der Waals surface area contributed by atoms with Crippen LogP contribution in [0.1, 0.15) is 20.7 Å². The molecule has 0 unspecified atom stereocenters. The first-order valence-electron chi connectivity index (χ1n) is 9.78. The van der Waals surface area contributed by atoms with Gasteiger partial charge in [-0.05, 0) is 48.5 Å². The second kappa shape index (κ2) is 9.01. The van der Waals surface area contributed by atoms with Gasteiger partial charge in [0, 0.05) is 36.8 Å². The number of halogens is 1. The molecule has 2 amide bonds. The van der Waals surface area contributed by atoms with E-state index < -0.39 is 0 Å². The van der Waals surface area contributed by atoms with Gasteiger partial charge in [-0.25, -0.2) is 0 Å². The van der Waals surface area contributed by atoms with Crippen LogP contribution in [0.25, 0.3) is 0 Å². The van der Waals surface area contributed by atoms with Crippen molar-refractivity contribution in [2.24, 2.45) is 0 Å². The minimum Gasteiger partial charge on any atom is -0.457 e. The number of nitrogens with zero attached hydrogens (tertiary/aromatic N) is 2. The van der Waals surface area contributed by atoms with Crippen molar-refractivity contribution in [1.29, 1.82) is 0 Å². The summed E-state index contributed by atoms with van der Waals surface area (Å²) in [5, 5.41) is 0.596. The molecule has 0 atom stereocenters. The summed E-state index contributed by atoms with van der Waals surface area (Å²) in [5.41, 5.74) is 1.11. The van der Waals surface area contributed by atoms with Gasteiger partial charge >= 0.3 is 0 Å². The lowest BCUT2D eigenvalue weighted by molar-refractivity contribution is 0.0534. The molecule has 4 rings (SSSR count). The fourth-order valence-corrected chi connectivity index (χ4v) is 3.53. The van der Waals surface area contributed by atoms with Gasteiger partial charge in [0.25, 0.3) is 11.8 Å². The Balaban J connectivity index is 1.42. The van der Waals surface area contributed by atoms with Crippen molar-refractivity contribution in [2.45, 2.75) is 0 Å². The zero-order chi connectivity index (χ0) is 20.9. The van der Waals surface area contributed by atoms with Crippen molar-refractivity contribution in [3.8, 4) is 11.5 Å². The lowest BCUT2D eigenvalue weighted by Gasteiger charge is -2.35. The quantitative estimate of drug-likeness (QED) is 0.613. The number of ether oxygens (including phenoxy) is 1. The van der Waals surface area contributed by atoms with Gasteiger partial charge < -0.3 is 14.5 Å². The van der Waals surface area contributed by atoms with Crippen molar-refractivity contribution in [1.82, 2.24) is 9.80 Å². The largest absolute Gasteiger partial charge is 0.457 e. The van der Waals surface area contributed by atoms with Crippen LogP contribution in [-0.4, -0.2) is 47.8 Å². The zero-order valence-electron chi connectivity index (χ0n) is 16.3. The van der Waals surface area contributed by atoms with Crippen LogP contribution < -0.4 is 4.74 Å². The molecule has 0 spiro atoms. The average molecular weight is 421 g/mol. The molecule has 152 valence electrons. The maximum absolute atomic E-state index is 13.1. The number of piperazine rings is 1. The molecule has 1 saturated heterocycles. The molecular weight excluding hydrogens is 400 g/mol. The van der Waals surface area contributed by atoms with Crippen LogP contribution in [0.3, 0.4) is 0 Å². The molecule has 1 aliphatic rings. The minimum absolute atomic E-state index is 0.0495. The highest BCUT2D eigenvalue weighted by Crippen LogP contribution is 2.26. The molecule has 0 aliphatic carbocycles. The Morgan fingerprint density at radius 2 is 1.27 bits per heavy atom. The molecule has 0 N–H and O–H groups in total. The van der Waals surface area contributed by atoms with Gasteiger partial charge in [-0.15, -0.1) is 0 Å². The first kappa shape index (κ1) is 20.0. The van der Waals surface area contributed by atoms with Crippen LogP contribution in [0.4, 0.5) is 0 Å². The molecule has 6 heteroatoms. The molecule has 1 fully saturated rings. The van der Waals surface area contributed by atoms with E-state index in [1.54, 1.807) is 46.2 Å². The number of carbonyl (C=O) groups excluding carboxylic acids is 2. The van der Waals surface area contributed by atoms with Gasteiger partial charge in [-0.2, -0.15) is 0 Å². The molecule has 1 heterocycles. The van der Waals surface area contributed by atoms with Crippen LogP contribution in [0, 0.1) is 0 Å². The van der Waals surface area contributed by atoms with E-state index in [1.807, 2.05) is 42.5 Å². The number of amides is 2. The van der Waals surface area contributed by atoms with Gasteiger partial charge in [0.2, 0.25) is 0 Å². The zero-order valence-corrected chi connectivity index (χ0v) is 17.1. The number of hydrogen-bond donors (Lipinski definition) is 0. The van der Waals surface area contributed by atoms with Crippen LogP contribution in [0.5, 0.6) is 11.5 Å². The maximum Gasteiger partial charge on any atom is 0.257 e. The summed E-state index contributed by atoms with van der Waals surface area (Å²) in [7, 11) is 0. The van der Waals surface area contributed by atoms with E-state index in [-0.39, 0.29) is 11.8 Å². The van der Waals surface area contributed by atoms with Crippen LogP contribution >= 0.6 is 11.6 Å². The van der Waals surface area contributed by atoms with Crippen molar-refractivity contribution >= 4 is 23.4 Å². The lowest BCUT2D eigenvalue weighted by Crippen LogP contribution is -2.50. The normalized spacial score (nSPS) is 13.8. The standard InChI is InChI=1S/C24H21ClN2O3/c25-19-12-10-18(11-13-19)23(28)26-14-16-27(17-15-26)24(29)21-8-4-5-9-22(21)30-20-6-2-1-3-7-20/h1-13H,14-17H2. The van der Waals surface area contributed by atoms with Crippen LogP contribution in [0.15, 0.2) is 78.9 Å². The summed E-state index contributed by atoms with van der Waals surface area (Å²) in [6.45, 7) is 1.90. The highest BCUT2D eigenvalue weighted by molar-refractivity contribution is 6.30. The lowest BCUT2D eigenvalue weighted by atomic mass is 10.1.